The normalized spacial score (nSPS) is 16.8. The third-order valence-corrected chi connectivity index (χ3v) is 12.3. The highest BCUT2D eigenvalue weighted by atomic mass is 31.2. The maximum atomic E-state index is 2.44. The van der Waals surface area contributed by atoms with Gasteiger partial charge in [0.05, 0.1) is 6.16 Å². The Hall–Kier alpha value is -3.21. The Morgan fingerprint density at radius 3 is 1.74 bits per heavy atom. The second-order valence-electron chi connectivity index (χ2n) is 11.5. The van der Waals surface area contributed by atoms with Crippen molar-refractivity contribution < 1.29 is 0 Å². The Balaban J connectivity index is 1.60. The van der Waals surface area contributed by atoms with E-state index in [1.165, 1.54) is 51.9 Å². The van der Waals surface area contributed by atoms with Crippen molar-refractivity contribution >= 4 is 23.2 Å². The molecule has 0 radical (unpaired) electrons. The van der Waals surface area contributed by atoms with E-state index < -0.39 is 7.26 Å². The van der Waals surface area contributed by atoms with Crippen LogP contribution in [0, 0.1) is 5.41 Å². The van der Waals surface area contributed by atoms with Gasteiger partial charge in [-0.15, -0.1) is 0 Å². The summed E-state index contributed by atoms with van der Waals surface area (Å²) < 4.78 is 0. The topological polar surface area (TPSA) is 0 Å². The number of allylic oxidation sites excluding steroid dienone is 10. The molecule has 39 heavy (non-hydrogen) atoms. The lowest BCUT2D eigenvalue weighted by atomic mass is 9.72. The molecule has 4 rings (SSSR count). The molecule has 0 fully saturated rings. The Labute approximate surface area is 237 Å². The van der Waals surface area contributed by atoms with Crippen LogP contribution < -0.4 is 15.9 Å². The van der Waals surface area contributed by atoms with Crippen LogP contribution in [-0.2, 0) is 0 Å². The number of hydrogen-bond donors (Lipinski definition) is 0. The van der Waals surface area contributed by atoms with Gasteiger partial charge in [-0.2, -0.15) is 0 Å². The molecular weight excluding hydrogens is 487 g/mol. The second-order valence-corrected chi connectivity index (χ2v) is 15.0. The Morgan fingerprint density at radius 2 is 1.26 bits per heavy atom. The first kappa shape index (κ1) is 28.8. The van der Waals surface area contributed by atoms with Gasteiger partial charge in [0.2, 0.25) is 0 Å². The van der Waals surface area contributed by atoms with Crippen molar-refractivity contribution in [3.63, 3.8) is 0 Å². The number of benzene rings is 3. The molecule has 200 valence electrons. The Bertz CT molecular complexity index is 1270. The molecule has 3 aromatic rings. The van der Waals surface area contributed by atoms with Gasteiger partial charge >= 0.3 is 0 Å². The van der Waals surface area contributed by atoms with Crippen LogP contribution in [0.5, 0.6) is 0 Å². The predicted octanol–water partition coefficient (Wildman–Crippen LogP) is 9.51. The van der Waals surface area contributed by atoms with Crippen molar-refractivity contribution in [3.8, 4) is 0 Å². The molecule has 0 nitrogen and oxygen atoms in total. The standard InChI is InChI=1S/C38H44P/c1-31(26-27-37-33(3)19-16-29-38(37,4)5)17-15-18-32(2)28-30-39(34-20-9-6-10-21-34,35-22-11-7-12-23-35)36-24-13-8-14-25-36/h6-15,17-18,20-28H,16,19,29-30H2,1-5H3/q+1/b18-15+,27-26+,31-17+,32-28+. The second kappa shape index (κ2) is 13.2. The molecule has 0 atom stereocenters. The lowest BCUT2D eigenvalue weighted by Gasteiger charge is -2.32. The lowest BCUT2D eigenvalue weighted by molar-refractivity contribution is 0.377. The first-order chi connectivity index (χ1) is 18.8. The maximum absolute atomic E-state index is 2.44. The highest BCUT2D eigenvalue weighted by Gasteiger charge is 2.44. The summed E-state index contributed by atoms with van der Waals surface area (Å²) in [6, 6.07) is 33.3. The van der Waals surface area contributed by atoms with Gasteiger partial charge in [0.25, 0.3) is 0 Å². The SMILES string of the molecule is CC1=C(/C=C/C(C)=C/C=C/C(C)=C/C[P+](c2ccccc2)(c2ccccc2)c2ccccc2)C(C)(C)CCC1. The third kappa shape index (κ3) is 7.06. The summed E-state index contributed by atoms with van der Waals surface area (Å²) in [5.41, 5.74) is 5.92. The quantitative estimate of drug-likeness (QED) is 0.190. The summed E-state index contributed by atoms with van der Waals surface area (Å²) in [6.07, 6.45) is 18.6. The van der Waals surface area contributed by atoms with Crippen LogP contribution in [0.4, 0.5) is 0 Å². The zero-order valence-corrected chi connectivity index (χ0v) is 25.3. The molecule has 0 amide bonds. The largest absolute Gasteiger partial charge is 0.115 e. The molecule has 3 aromatic carbocycles. The van der Waals surface area contributed by atoms with Gasteiger partial charge in [-0.05, 0) is 93.5 Å². The highest BCUT2D eigenvalue weighted by molar-refractivity contribution is 7.95. The van der Waals surface area contributed by atoms with Gasteiger partial charge < -0.3 is 0 Å². The minimum Gasteiger partial charge on any atom is -0.0696 e. The zero-order chi connectivity index (χ0) is 27.7. The first-order valence-electron chi connectivity index (χ1n) is 14.3. The fourth-order valence-electron chi connectivity index (χ4n) is 5.79. The molecule has 1 aliphatic carbocycles. The van der Waals surface area contributed by atoms with Crippen molar-refractivity contribution in [2.75, 3.05) is 6.16 Å². The summed E-state index contributed by atoms with van der Waals surface area (Å²) in [5, 5.41) is 4.27. The molecule has 1 aliphatic rings. The van der Waals surface area contributed by atoms with E-state index in [0.717, 1.165) is 6.16 Å². The van der Waals surface area contributed by atoms with Gasteiger partial charge in [0.15, 0.2) is 0 Å². The fourth-order valence-corrected chi connectivity index (χ4v) is 9.92. The molecule has 0 spiro atoms. The van der Waals surface area contributed by atoms with Crippen molar-refractivity contribution in [1.82, 2.24) is 0 Å². The molecule has 0 saturated heterocycles. The molecule has 0 N–H and O–H groups in total. The summed E-state index contributed by atoms with van der Waals surface area (Å²) >= 11 is 0. The molecule has 0 saturated carbocycles. The first-order valence-corrected chi connectivity index (χ1v) is 16.3. The van der Waals surface area contributed by atoms with Crippen LogP contribution in [0.25, 0.3) is 0 Å². The van der Waals surface area contributed by atoms with E-state index in [0.29, 0.717) is 0 Å². The fraction of sp³-hybridized carbons (Fsp3) is 0.263. The van der Waals surface area contributed by atoms with E-state index in [4.69, 9.17) is 0 Å². The van der Waals surface area contributed by atoms with E-state index in [1.54, 1.807) is 5.57 Å². The van der Waals surface area contributed by atoms with E-state index in [-0.39, 0.29) is 5.41 Å². The monoisotopic (exact) mass is 531 g/mol. The van der Waals surface area contributed by atoms with Crippen LogP contribution in [0.1, 0.15) is 53.9 Å². The van der Waals surface area contributed by atoms with Gasteiger partial charge in [-0.25, -0.2) is 0 Å². The molecule has 1 heteroatoms. The van der Waals surface area contributed by atoms with Crippen molar-refractivity contribution in [2.24, 2.45) is 5.41 Å². The molecule has 0 aromatic heterocycles. The van der Waals surface area contributed by atoms with Gasteiger partial charge in [0, 0.05) is 0 Å². The molecule has 0 bridgehead atoms. The van der Waals surface area contributed by atoms with Crippen LogP contribution in [0.3, 0.4) is 0 Å². The van der Waals surface area contributed by atoms with Gasteiger partial charge in [-0.3, -0.25) is 0 Å². The summed E-state index contributed by atoms with van der Waals surface area (Å²) in [6.45, 7) is 11.5. The van der Waals surface area contributed by atoms with Gasteiger partial charge in [-0.1, -0.05) is 116 Å². The van der Waals surface area contributed by atoms with E-state index in [2.05, 4.69) is 162 Å². The molecule has 0 unspecified atom stereocenters. The Morgan fingerprint density at radius 1 is 0.744 bits per heavy atom. The van der Waals surface area contributed by atoms with E-state index >= 15 is 0 Å². The number of rotatable bonds is 9. The average Bonchev–Trinajstić information content (AvgIpc) is 2.94. The minimum atomic E-state index is -1.85. The van der Waals surface area contributed by atoms with Crippen molar-refractivity contribution in [2.45, 2.75) is 53.9 Å². The molecule has 0 heterocycles. The molecule has 0 aliphatic heterocycles. The minimum absolute atomic E-state index is 0.278. The smallest absolute Gasteiger partial charge is 0.0696 e. The van der Waals surface area contributed by atoms with Gasteiger partial charge in [0.1, 0.15) is 23.2 Å². The Kier molecular flexibility index (Phi) is 9.77. The van der Waals surface area contributed by atoms with Crippen LogP contribution in [0.2, 0.25) is 0 Å². The molecular formula is C38H44P+. The third-order valence-electron chi connectivity index (χ3n) is 8.05. The van der Waals surface area contributed by atoms with E-state index in [9.17, 15) is 0 Å². The number of hydrogen-bond acceptors (Lipinski definition) is 0. The van der Waals surface area contributed by atoms with Crippen LogP contribution >= 0.6 is 7.26 Å². The van der Waals surface area contributed by atoms with Crippen molar-refractivity contribution in [3.05, 3.63) is 150 Å². The van der Waals surface area contributed by atoms with Crippen LogP contribution in [-0.4, -0.2) is 6.16 Å². The van der Waals surface area contributed by atoms with Crippen LogP contribution in [0.15, 0.2) is 150 Å². The summed E-state index contributed by atoms with van der Waals surface area (Å²) in [5.74, 6) is 0. The summed E-state index contributed by atoms with van der Waals surface area (Å²) in [7, 11) is -1.85. The maximum Gasteiger partial charge on any atom is 0.115 e. The summed E-state index contributed by atoms with van der Waals surface area (Å²) in [4.78, 5) is 0. The van der Waals surface area contributed by atoms with Crippen molar-refractivity contribution in [1.29, 1.82) is 0 Å². The zero-order valence-electron chi connectivity index (χ0n) is 24.4. The highest BCUT2D eigenvalue weighted by Crippen LogP contribution is 2.55. The lowest BCUT2D eigenvalue weighted by Crippen LogP contribution is -2.33. The predicted molar refractivity (Wildman–Crippen MR) is 176 cm³/mol. The van der Waals surface area contributed by atoms with E-state index in [1.807, 2.05) is 0 Å². The average molecular weight is 532 g/mol.